The van der Waals surface area contributed by atoms with Crippen LogP contribution in [0.15, 0.2) is 0 Å². The summed E-state index contributed by atoms with van der Waals surface area (Å²) >= 11 is 0. The summed E-state index contributed by atoms with van der Waals surface area (Å²) in [6, 6.07) is 0.0260. The van der Waals surface area contributed by atoms with Gasteiger partial charge < -0.3 is 0 Å². The van der Waals surface area contributed by atoms with E-state index in [9.17, 15) is 17.2 Å². The fourth-order valence-corrected chi connectivity index (χ4v) is 3.14. The number of hydrogen-bond donors (Lipinski definition) is 1. The largest absolute Gasteiger partial charge is 0.295 e. The molecule has 1 N–H and O–H groups in total. The molecule has 0 saturated carbocycles. The third-order valence-corrected chi connectivity index (χ3v) is 4.32. The molecule has 0 saturated heterocycles. The summed E-state index contributed by atoms with van der Waals surface area (Å²) in [5.74, 6) is 0.264. The minimum Gasteiger partial charge on any atom is -0.295 e. The van der Waals surface area contributed by atoms with Gasteiger partial charge in [-0.1, -0.05) is 13.8 Å². The van der Waals surface area contributed by atoms with Crippen molar-refractivity contribution in [1.29, 1.82) is 0 Å². The Bertz CT molecular complexity index is 384. The van der Waals surface area contributed by atoms with Gasteiger partial charge >= 0.3 is 0 Å². The molecular weight excluding hydrogens is 286 g/mol. The van der Waals surface area contributed by atoms with Crippen molar-refractivity contribution in [2.75, 3.05) is 19.3 Å². The molecule has 0 aliphatic rings. The molecule has 0 aromatic rings. The molecule has 7 heteroatoms. The van der Waals surface area contributed by atoms with Crippen molar-refractivity contribution < 1.29 is 17.2 Å². The molecule has 0 bridgehead atoms. The van der Waals surface area contributed by atoms with E-state index < -0.39 is 22.0 Å². The maximum absolute atomic E-state index is 12.6. The van der Waals surface area contributed by atoms with Crippen molar-refractivity contribution >= 4 is 10.0 Å². The predicted octanol–water partition coefficient (Wildman–Crippen LogP) is 2.32. The van der Waals surface area contributed by atoms with E-state index in [0.29, 0.717) is 13.0 Å². The smallest absolute Gasteiger partial charge is 0.251 e. The Morgan fingerprint density at radius 3 is 2.05 bits per heavy atom. The second kappa shape index (κ2) is 7.66. The molecule has 0 rings (SSSR count). The first-order chi connectivity index (χ1) is 8.84. The van der Waals surface area contributed by atoms with Crippen LogP contribution >= 0.6 is 0 Å². The van der Waals surface area contributed by atoms with Gasteiger partial charge in [-0.25, -0.2) is 21.9 Å². The maximum Gasteiger partial charge on any atom is 0.251 e. The molecule has 0 amide bonds. The SMILES string of the molecule is CC(C)C(C)N(CCC(C)(C)NS(C)(=O)=O)CC(F)F. The van der Waals surface area contributed by atoms with Crippen molar-refractivity contribution in [3.63, 3.8) is 0 Å². The number of nitrogens with one attached hydrogen (secondary N) is 1. The lowest BCUT2D eigenvalue weighted by molar-refractivity contribution is 0.0534. The summed E-state index contributed by atoms with van der Waals surface area (Å²) in [4.78, 5) is 1.72. The van der Waals surface area contributed by atoms with Crippen LogP contribution in [0.25, 0.3) is 0 Å². The number of alkyl halides is 2. The normalized spacial score (nSPS) is 15.3. The zero-order chi connectivity index (χ0) is 16.1. The number of hydrogen-bond acceptors (Lipinski definition) is 3. The average Bonchev–Trinajstić information content (AvgIpc) is 2.19. The van der Waals surface area contributed by atoms with Crippen molar-refractivity contribution in [1.82, 2.24) is 9.62 Å². The van der Waals surface area contributed by atoms with Crippen molar-refractivity contribution in [2.45, 2.75) is 59.0 Å². The van der Waals surface area contributed by atoms with Crippen molar-refractivity contribution in [3.05, 3.63) is 0 Å². The van der Waals surface area contributed by atoms with Gasteiger partial charge in [0.15, 0.2) is 0 Å². The van der Waals surface area contributed by atoms with Crippen LogP contribution in [0, 0.1) is 5.92 Å². The van der Waals surface area contributed by atoms with E-state index in [2.05, 4.69) is 4.72 Å². The fourth-order valence-electron chi connectivity index (χ4n) is 2.04. The van der Waals surface area contributed by atoms with Crippen LogP contribution < -0.4 is 4.72 Å². The lowest BCUT2D eigenvalue weighted by Gasteiger charge is -2.34. The van der Waals surface area contributed by atoms with Crippen LogP contribution in [0.5, 0.6) is 0 Å². The van der Waals surface area contributed by atoms with Crippen LogP contribution in [0.2, 0.25) is 0 Å². The summed E-state index contributed by atoms with van der Waals surface area (Å²) in [6.07, 6.45) is -0.811. The summed E-state index contributed by atoms with van der Waals surface area (Å²) in [7, 11) is -3.31. The zero-order valence-corrected chi connectivity index (χ0v) is 14.1. The Morgan fingerprint density at radius 1 is 1.20 bits per heavy atom. The van der Waals surface area contributed by atoms with Crippen LogP contribution in [0.4, 0.5) is 8.78 Å². The van der Waals surface area contributed by atoms with Gasteiger partial charge in [-0.05, 0) is 33.1 Å². The van der Waals surface area contributed by atoms with Gasteiger partial charge in [-0.3, -0.25) is 4.90 Å². The van der Waals surface area contributed by atoms with Gasteiger partial charge in [-0.2, -0.15) is 0 Å². The number of sulfonamides is 1. The van der Waals surface area contributed by atoms with Gasteiger partial charge in [0.1, 0.15) is 0 Å². The summed E-state index contributed by atoms with van der Waals surface area (Å²) in [6.45, 7) is 9.56. The zero-order valence-electron chi connectivity index (χ0n) is 13.3. The molecule has 0 aliphatic carbocycles. The second-order valence-corrected chi connectivity index (χ2v) is 8.13. The van der Waals surface area contributed by atoms with E-state index >= 15 is 0 Å². The number of rotatable bonds is 9. The molecule has 1 atom stereocenters. The van der Waals surface area contributed by atoms with Crippen molar-refractivity contribution in [2.24, 2.45) is 5.92 Å². The minimum atomic E-state index is -3.31. The van der Waals surface area contributed by atoms with E-state index in [-0.39, 0.29) is 18.5 Å². The Kier molecular flexibility index (Phi) is 7.55. The monoisotopic (exact) mass is 314 g/mol. The standard InChI is InChI=1S/C13H28F2N2O2S/c1-10(2)11(3)17(9-12(14)15)8-7-13(4,5)16-20(6,18)19/h10-12,16H,7-9H2,1-6H3. The average molecular weight is 314 g/mol. The van der Waals surface area contributed by atoms with E-state index in [0.717, 1.165) is 6.26 Å². The molecule has 1 unspecified atom stereocenters. The molecule has 20 heavy (non-hydrogen) atoms. The van der Waals surface area contributed by atoms with Gasteiger partial charge in [-0.15, -0.1) is 0 Å². The maximum atomic E-state index is 12.6. The summed E-state index contributed by atoms with van der Waals surface area (Å²) in [5.41, 5.74) is -0.648. The van der Waals surface area contributed by atoms with Gasteiger partial charge in [0.05, 0.1) is 12.8 Å². The summed E-state index contributed by atoms with van der Waals surface area (Å²) < 4.78 is 50.4. The Hall–Kier alpha value is -0.270. The van der Waals surface area contributed by atoms with Gasteiger partial charge in [0.2, 0.25) is 10.0 Å². The van der Waals surface area contributed by atoms with E-state index in [1.165, 1.54) is 0 Å². The molecule has 122 valence electrons. The highest BCUT2D eigenvalue weighted by Gasteiger charge is 2.26. The molecule has 0 fully saturated rings. The van der Waals surface area contributed by atoms with Crippen LogP contribution in [-0.4, -0.2) is 50.7 Å². The molecule has 0 aromatic heterocycles. The van der Waals surface area contributed by atoms with E-state index in [1.54, 1.807) is 18.7 Å². The molecule has 0 aliphatic heterocycles. The molecule has 0 radical (unpaired) electrons. The third kappa shape index (κ3) is 8.81. The first-order valence-corrected chi connectivity index (χ1v) is 8.74. The van der Waals surface area contributed by atoms with Gasteiger partial charge in [0.25, 0.3) is 6.43 Å². The Balaban J connectivity index is 4.67. The fraction of sp³-hybridized carbons (Fsp3) is 1.00. The third-order valence-electron chi connectivity index (χ3n) is 3.40. The lowest BCUT2D eigenvalue weighted by atomic mass is 9.99. The highest BCUT2D eigenvalue weighted by Crippen LogP contribution is 2.17. The van der Waals surface area contributed by atoms with Crippen molar-refractivity contribution in [3.8, 4) is 0 Å². The lowest BCUT2D eigenvalue weighted by Crippen LogP contribution is -2.47. The Morgan fingerprint density at radius 2 is 1.70 bits per heavy atom. The van der Waals surface area contributed by atoms with Crippen LogP contribution in [0.1, 0.15) is 41.0 Å². The first kappa shape index (κ1) is 19.7. The van der Waals surface area contributed by atoms with E-state index in [4.69, 9.17) is 0 Å². The number of halogens is 2. The minimum absolute atomic E-state index is 0.0260. The van der Waals surface area contributed by atoms with Crippen LogP contribution in [-0.2, 0) is 10.0 Å². The molecule has 0 spiro atoms. The highest BCUT2D eigenvalue weighted by atomic mass is 32.2. The van der Waals surface area contributed by atoms with Gasteiger partial charge in [0, 0.05) is 18.1 Å². The molecule has 0 aromatic carbocycles. The first-order valence-electron chi connectivity index (χ1n) is 6.85. The highest BCUT2D eigenvalue weighted by molar-refractivity contribution is 7.88. The second-order valence-electron chi connectivity index (χ2n) is 6.38. The Labute approximate surface area is 122 Å². The predicted molar refractivity (Wildman–Crippen MR) is 78.6 cm³/mol. The number of nitrogens with zero attached hydrogens (tertiary/aromatic N) is 1. The quantitative estimate of drug-likeness (QED) is 0.710. The molecular formula is C13H28F2N2O2S. The molecule has 0 heterocycles. The topological polar surface area (TPSA) is 49.4 Å². The van der Waals surface area contributed by atoms with Crippen LogP contribution in [0.3, 0.4) is 0 Å². The van der Waals surface area contributed by atoms with E-state index in [1.807, 2.05) is 20.8 Å². The molecule has 4 nitrogen and oxygen atoms in total. The summed E-state index contributed by atoms with van der Waals surface area (Å²) in [5, 5.41) is 0.